The largest absolute Gasteiger partial charge is 0.349 e. The second kappa shape index (κ2) is 7.20. The molecule has 0 saturated carbocycles. The Hall–Kier alpha value is -1.45. The second-order valence-corrected chi connectivity index (χ2v) is 7.81. The minimum Gasteiger partial charge on any atom is -0.349 e. The molecule has 9 heteroatoms. The zero-order valence-electron chi connectivity index (χ0n) is 13.4. The van der Waals surface area contributed by atoms with Crippen LogP contribution in [-0.2, 0) is 0 Å². The number of carbonyl (C=O) groups excluding carboxylic acids is 1. The SMILES string of the molecule is CSC.C[C@H]1CNC(=O)c2c(Br)c(-c3ncnc4ccsc34)nn21. The Morgan fingerprint density at radius 3 is 2.83 bits per heavy atom. The molecular formula is C15H16BrN5OS2. The number of carbonyl (C=O) groups is 1. The Morgan fingerprint density at radius 1 is 1.38 bits per heavy atom. The fourth-order valence-electron chi connectivity index (χ4n) is 2.46. The van der Waals surface area contributed by atoms with E-state index in [1.165, 1.54) is 6.33 Å². The van der Waals surface area contributed by atoms with E-state index < -0.39 is 0 Å². The maximum atomic E-state index is 12.1. The molecule has 0 aromatic carbocycles. The maximum Gasteiger partial charge on any atom is 0.270 e. The van der Waals surface area contributed by atoms with Crippen LogP contribution >= 0.6 is 39.0 Å². The third-order valence-electron chi connectivity index (χ3n) is 3.51. The Labute approximate surface area is 156 Å². The highest BCUT2D eigenvalue weighted by Gasteiger charge is 2.30. The van der Waals surface area contributed by atoms with Crippen molar-refractivity contribution in [2.75, 3.05) is 19.1 Å². The van der Waals surface area contributed by atoms with Crippen molar-refractivity contribution in [2.45, 2.75) is 13.0 Å². The summed E-state index contributed by atoms with van der Waals surface area (Å²) in [5.41, 5.74) is 2.87. The van der Waals surface area contributed by atoms with Crippen molar-refractivity contribution in [1.29, 1.82) is 0 Å². The Balaban J connectivity index is 0.000000526. The van der Waals surface area contributed by atoms with Gasteiger partial charge in [0.25, 0.3) is 5.91 Å². The topological polar surface area (TPSA) is 72.7 Å². The monoisotopic (exact) mass is 425 g/mol. The van der Waals surface area contributed by atoms with Gasteiger partial charge in [0.2, 0.25) is 0 Å². The molecule has 3 aromatic rings. The molecule has 4 heterocycles. The molecule has 0 radical (unpaired) electrons. The van der Waals surface area contributed by atoms with Crippen molar-refractivity contribution >= 4 is 55.2 Å². The van der Waals surface area contributed by atoms with Crippen molar-refractivity contribution in [1.82, 2.24) is 25.1 Å². The van der Waals surface area contributed by atoms with Gasteiger partial charge in [0.15, 0.2) is 0 Å². The Morgan fingerprint density at radius 2 is 2.12 bits per heavy atom. The quantitative estimate of drug-likeness (QED) is 0.644. The standard InChI is InChI=1S/C13H10BrN5OS.C2H6S/c1-6-4-15-13(20)11-8(14)9(18-19(6)11)10-12-7(2-3-21-12)16-5-17-10;1-3-2/h2-3,5-6H,4H2,1H3,(H,15,20);1-2H3/t6-;/m0./s1. The minimum absolute atomic E-state index is 0.114. The van der Waals surface area contributed by atoms with Crippen LogP contribution in [0.1, 0.15) is 23.5 Å². The number of rotatable bonds is 1. The van der Waals surface area contributed by atoms with Crippen molar-refractivity contribution in [3.63, 3.8) is 0 Å². The fraction of sp³-hybridized carbons (Fsp3) is 0.333. The number of fused-ring (bicyclic) bond motifs is 2. The third kappa shape index (κ3) is 2.96. The lowest BCUT2D eigenvalue weighted by atomic mass is 10.2. The molecule has 1 amide bonds. The highest BCUT2D eigenvalue weighted by Crippen LogP contribution is 2.36. The zero-order chi connectivity index (χ0) is 17.3. The number of nitrogens with one attached hydrogen (secondary N) is 1. The number of thioether (sulfide) groups is 1. The van der Waals surface area contributed by atoms with Gasteiger partial charge in [-0.1, -0.05) is 0 Å². The van der Waals surface area contributed by atoms with Gasteiger partial charge < -0.3 is 5.32 Å². The van der Waals surface area contributed by atoms with E-state index >= 15 is 0 Å². The van der Waals surface area contributed by atoms with Crippen LogP contribution in [0.2, 0.25) is 0 Å². The molecule has 126 valence electrons. The first-order valence-electron chi connectivity index (χ1n) is 7.23. The average Bonchev–Trinajstić information content (AvgIpc) is 3.17. The van der Waals surface area contributed by atoms with Crippen molar-refractivity contribution in [2.24, 2.45) is 0 Å². The second-order valence-electron chi connectivity index (χ2n) is 5.28. The van der Waals surface area contributed by atoms with E-state index in [0.717, 1.165) is 15.9 Å². The summed E-state index contributed by atoms with van der Waals surface area (Å²) in [5, 5.41) is 9.45. The van der Waals surface area contributed by atoms with Crippen LogP contribution in [0.15, 0.2) is 22.2 Å². The first kappa shape index (κ1) is 17.4. The number of thiophene rings is 1. The summed E-state index contributed by atoms with van der Waals surface area (Å²) >= 11 is 6.84. The van der Waals surface area contributed by atoms with Gasteiger partial charge in [-0.3, -0.25) is 9.48 Å². The van der Waals surface area contributed by atoms with Gasteiger partial charge in [0.05, 0.1) is 20.7 Å². The number of hydrogen-bond donors (Lipinski definition) is 1. The molecule has 3 aromatic heterocycles. The molecule has 0 aliphatic carbocycles. The molecule has 1 aliphatic heterocycles. The van der Waals surface area contributed by atoms with E-state index in [0.29, 0.717) is 22.4 Å². The first-order chi connectivity index (χ1) is 11.6. The maximum absolute atomic E-state index is 12.1. The van der Waals surface area contributed by atoms with E-state index in [9.17, 15) is 4.79 Å². The number of amides is 1. The van der Waals surface area contributed by atoms with E-state index in [1.54, 1.807) is 27.8 Å². The summed E-state index contributed by atoms with van der Waals surface area (Å²) in [4.78, 5) is 20.7. The summed E-state index contributed by atoms with van der Waals surface area (Å²) in [5.74, 6) is -0.116. The summed E-state index contributed by atoms with van der Waals surface area (Å²) < 4.78 is 3.42. The normalized spacial score (nSPS) is 16.3. The predicted molar refractivity (Wildman–Crippen MR) is 103 cm³/mol. The highest BCUT2D eigenvalue weighted by atomic mass is 79.9. The fourth-order valence-corrected chi connectivity index (χ4v) is 3.92. The van der Waals surface area contributed by atoms with Gasteiger partial charge in [0.1, 0.15) is 23.4 Å². The van der Waals surface area contributed by atoms with Crippen LogP contribution in [0.5, 0.6) is 0 Å². The van der Waals surface area contributed by atoms with Crippen LogP contribution in [0.3, 0.4) is 0 Å². The Bertz CT molecular complexity index is 891. The molecule has 0 bridgehead atoms. The number of nitrogens with zero attached hydrogens (tertiary/aromatic N) is 4. The molecule has 0 saturated heterocycles. The number of halogens is 1. The molecule has 1 atom stereocenters. The zero-order valence-corrected chi connectivity index (χ0v) is 16.6. The van der Waals surface area contributed by atoms with Crippen LogP contribution < -0.4 is 5.32 Å². The van der Waals surface area contributed by atoms with Crippen LogP contribution in [0.25, 0.3) is 21.6 Å². The summed E-state index contributed by atoms with van der Waals surface area (Å²) in [6.07, 6.45) is 5.61. The minimum atomic E-state index is -0.116. The summed E-state index contributed by atoms with van der Waals surface area (Å²) in [6.45, 7) is 2.60. The van der Waals surface area contributed by atoms with Gasteiger partial charge in [-0.05, 0) is 46.8 Å². The number of hydrogen-bond acceptors (Lipinski definition) is 6. The van der Waals surface area contributed by atoms with Crippen molar-refractivity contribution in [3.8, 4) is 11.4 Å². The number of aromatic nitrogens is 4. The van der Waals surface area contributed by atoms with Gasteiger partial charge in [-0.25, -0.2) is 9.97 Å². The van der Waals surface area contributed by atoms with Crippen molar-refractivity contribution in [3.05, 3.63) is 27.9 Å². The highest BCUT2D eigenvalue weighted by molar-refractivity contribution is 9.10. The van der Waals surface area contributed by atoms with Gasteiger partial charge in [-0.2, -0.15) is 16.9 Å². The van der Waals surface area contributed by atoms with Gasteiger partial charge in [0, 0.05) is 6.54 Å². The van der Waals surface area contributed by atoms with Crippen LogP contribution in [-0.4, -0.2) is 44.7 Å². The van der Waals surface area contributed by atoms with E-state index in [2.05, 4.69) is 36.3 Å². The van der Waals surface area contributed by atoms with Crippen LogP contribution in [0.4, 0.5) is 0 Å². The molecule has 1 aliphatic rings. The smallest absolute Gasteiger partial charge is 0.270 e. The molecule has 24 heavy (non-hydrogen) atoms. The molecule has 4 rings (SSSR count). The lowest BCUT2D eigenvalue weighted by molar-refractivity contribution is 0.0911. The van der Waals surface area contributed by atoms with Crippen LogP contribution in [0, 0.1) is 0 Å². The Kier molecular flexibility index (Phi) is 5.21. The predicted octanol–water partition coefficient (Wildman–Crippen LogP) is 3.60. The summed E-state index contributed by atoms with van der Waals surface area (Å²) in [7, 11) is 0. The third-order valence-corrected chi connectivity index (χ3v) is 5.17. The van der Waals surface area contributed by atoms with E-state index in [4.69, 9.17) is 0 Å². The van der Waals surface area contributed by atoms with E-state index in [1.807, 2.05) is 30.9 Å². The molecule has 0 fully saturated rings. The molecule has 0 unspecified atom stereocenters. The van der Waals surface area contributed by atoms with Gasteiger partial charge >= 0.3 is 0 Å². The average molecular weight is 426 g/mol. The molecule has 0 spiro atoms. The van der Waals surface area contributed by atoms with Gasteiger partial charge in [-0.15, -0.1) is 11.3 Å². The lowest BCUT2D eigenvalue weighted by Gasteiger charge is -2.21. The van der Waals surface area contributed by atoms with Crippen molar-refractivity contribution < 1.29 is 4.79 Å². The molecule has 6 nitrogen and oxygen atoms in total. The lowest BCUT2D eigenvalue weighted by Crippen LogP contribution is -2.38. The first-order valence-corrected chi connectivity index (χ1v) is 10.5. The summed E-state index contributed by atoms with van der Waals surface area (Å²) in [6, 6.07) is 2.06. The van der Waals surface area contributed by atoms with E-state index in [-0.39, 0.29) is 11.9 Å². The molecular weight excluding hydrogens is 410 g/mol. The molecule has 1 N–H and O–H groups in total.